The minimum atomic E-state index is -4.69. The monoisotopic (exact) mass is 379 g/mol. The highest BCUT2D eigenvalue weighted by atomic mass is 35.5. The fourth-order valence-corrected chi connectivity index (χ4v) is 3.80. The highest BCUT2D eigenvalue weighted by Crippen LogP contribution is 2.27. The topological polar surface area (TPSA) is 115 Å². The van der Waals surface area contributed by atoms with Gasteiger partial charge in [-0.3, -0.25) is 4.55 Å². The molecule has 2 rings (SSSR count). The Labute approximate surface area is 137 Å². The maximum absolute atomic E-state index is 13.5. The van der Waals surface area contributed by atoms with Crippen molar-refractivity contribution in [2.24, 2.45) is 5.14 Å². The molecule has 0 unspecified atom stereocenters. The van der Waals surface area contributed by atoms with Crippen LogP contribution in [-0.2, 0) is 26.6 Å². The van der Waals surface area contributed by atoms with Crippen molar-refractivity contribution >= 4 is 31.7 Å². The minimum absolute atomic E-state index is 0.136. The molecule has 0 radical (unpaired) electrons. The molecule has 2 aromatic rings. The quantitative estimate of drug-likeness (QED) is 0.788. The first kappa shape index (κ1) is 17.8. The number of primary sulfonamides is 1. The van der Waals surface area contributed by atoms with Crippen molar-refractivity contribution in [2.45, 2.75) is 16.2 Å². The molecule has 0 spiro atoms. The molecule has 0 saturated heterocycles. The lowest BCUT2D eigenvalue weighted by Gasteiger charge is -2.12. The molecule has 0 aromatic heterocycles. The third kappa shape index (κ3) is 4.06. The first-order chi connectivity index (χ1) is 10.5. The van der Waals surface area contributed by atoms with E-state index in [4.69, 9.17) is 16.7 Å². The minimum Gasteiger partial charge on any atom is -0.282 e. The molecule has 6 nitrogen and oxygen atoms in total. The van der Waals surface area contributed by atoms with Crippen LogP contribution in [0.3, 0.4) is 0 Å². The molecule has 0 bridgehead atoms. The Hall–Kier alpha value is -1.52. The molecule has 0 aliphatic heterocycles. The molecule has 10 heteroatoms. The van der Waals surface area contributed by atoms with Gasteiger partial charge in [0.15, 0.2) is 0 Å². The summed E-state index contributed by atoms with van der Waals surface area (Å²) in [7, 11) is -8.94. The Morgan fingerprint density at radius 1 is 1.09 bits per heavy atom. The summed E-state index contributed by atoms with van der Waals surface area (Å²) in [5, 5.41) is 4.94. The molecule has 0 fully saturated rings. The van der Waals surface area contributed by atoms with Gasteiger partial charge in [-0.2, -0.15) is 8.42 Å². The van der Waals surface area contributed by atoms with Crippen LogP contribution in [0.25, 0.3) is 0 Å². The van der Waals surface area contributed by atoms with Crippen LogP contribution in [0.4, 0.5) is 4.39 Å². The molecule has 0 heterocycles. The average molecular weight is 380 g/mol. The standard InChI is InChI=1S/C13H11ClFNO5S2/c14-10-5-4-8(7-11(10)15)6-9-12(22(16,17)18)2-1-3-13(9)23(19,20)21/h1-5,7H,6H2,(H2,16,17,18)(H,19,20,21). The van der Waals surface area contributed by atoms with E-state index in [1.54, 1.807) is 0 Å². The van der Waals surface area contributed by atoms with Crippen LogP contribution in [-0.4, -0.2) is 21.4 Å². The maximum atomic E-state index is 13.5. The summed E-state index contributed by atoms with van der Waals surface area (Å²) in [5.41, 5.74) is 0.00659. The van der Waals surface area contributed by atoms with Gasteiger partial charge in [-0.15, -0.1) is 0 Å². The number of sulfonamides is 1. The van der Waals surface area contributed by atoms with Crippen molar-refractivity contribution in [2.75, 3.05) is 0 Å². The summed E-state index contributed by atoms with van der Waals surface area (Å²) in [4.78, 5) is -1.08. The maximum Gasteiger partial charge on any atom is 0.294 e. The number of rotatable bonds is 4. The summed E-state index contributed by atoms with van der Waals surface area (Å²) in [5.74, 6) is -0.745. The predicted molar refractivity (Wildman–Crippen MR) is 81.8 cm³/mol. The molecule has 0 atom stereocenters. The summed E-state index contributed by atoms with van der Waals surface area (Å²) < 4.78 is 69.0. The number of hydrogen-bond donors (Lipinski definition) is 2. The lowest BCUT2D eigenvalue weighted by molar-refractivity contribution is 0.482. The third-order valence-corrected chi connectivity index (χ3v) is 5.28. The van der Waals surface area contributed by atoms with Gasteiger partial charge in [0.05, 0.1) is 14.8 Å². The lowest BCUT2D eigenvalue weighted by atomic mass is 10.0. The Bertz CT molecular complexity index is 924. The van der Waals surface area contributed by atoms with Crippen molar-refractivity contribution < 1.29 is 25.8 Å². The van der Waals surface area contributed by atoms with Crippen LogP contribution in [0.5, 0.6) is 0 Å². The van der Waals surface area contributed by atoms with Gasteiger partial charge in [0.2, 0.25) is 10.0 Å². The average Bonchev–Trinajstić information content (AvgIpc) is 2.40. The van der Waals surface area contributed by atoms with E-state index in [2.05, 4.69) is 0 Å². The first-order valence-corrected chi connectivity index (χ1v) is 9.42. The Kier molecular flexibility index (Phi) is 4.79. The summed E-state index contributed by atoms with van der Waals surface area (Å²) >= 11 is 5.56. The molecule has 2 aromatic carbocycles. The number of nitrogens with two attached hydrogens (primary N) is 1. The van der Waals surface area contributed by atoms with Crippen LogP contribution >= 0.6 is 11.6 Å². The zero-order chi connectivity index (χ0) is 17.4. The van der Waals surface area contributed by atoms with Gasteiger partial charge >= 0.3 is 0 Å². The van der Waals surface area contributed by atoms with Crippen LogP contribution in [0.15, 0.2) is 46.2 Å². The van der Waals surface area contributed by atoms with E-state index in [0.29, 0.717) is 0 Å². The number of hydrogen-bond acceptors (Lipinski definition) is 4. The molecular weight excluding hydrogens is 369 g/mol. The second-order valence-electron chi connectivity index (χ2n) is 4.68. The van der Waals surface area contributed by atoms with Crippen molar-refractivity contribution in [3.63, 3.8) is 0 Å². The van der Waals surface area contributed by atoms with Gasteiger partial charge in [-0.1, -0.05) is 23.7 Å². The Morgan fingerprint density at radius 2 is 1.70 bits per heavy atom. The van der Waals surface area contributed by atoms with Crippen LogP contribution in [0.1, 0.15) is 11.1 Å². The molecule has 0 aliphatic rings. The van der Waals surface area contributed by atoms with Crippen LogP contribution < -0.4 is 5.14 Å². The van der Waals surface area contributed by atoms with Crippen molar-refractivity contribution in [1.82, 2.24) is 0 Å². The highest BCUT2D eigenvalue weighted by molar-refractivity contribution is 7.89. The fourth-order valence-electron chi connectivity index (χ4n) is 2.08. The van der Waals surface area contributed by atoms with E-state index in [9.17, 15) is 25.8 Å². The van der Waals surface area contributed by atoms with Crippen LogP contribution in [0, 0.1) is 5.82 Å². The summed E-state index contributed by atoms with van der Waals surface area (Å²) in [6.07, 6.45) is -0.282. The molecule has 3 N–H and O–H groups in total. The van der Waals surface area contributed by atoms with Gasteiger partial charge in [-0.25, -0.2) is 17.9 Å². The fraction of sp³-hybridized carbons (Fsp3) is 0.0769. The lowest BCUT2D eigenvalue weighted by Crippen LogP contribution is -2.17. The number of benzene rings is 2. The molecule has 124 valence electrons. The zero-order valence-corrected chi connectivity index (χ0v) is 13.8. The number of halogens is 2. The molecule has 0 amide bonds. The van der Waals surface area contributed by atoms with E-state index in [1.807, 2.05) is 0 Å². The van der Waals surface area contributed by atoms with E-state index >= 15 is 0 Å². The molecule has 0 aliphatic carbocycles. The van der Waals surface area contributed by atoms with Crippen molar-refractivity contribution in [3.8, 4) is 0 Å². The van der Waals surface area contributed by atoms with E-state index in [0.717, 1.165) is 24.3 Å². The highest BCUT2D eigenvalue weighted by Gasteiger charge is 2.23. The van der Waals surface area contributed by atoms with Crippen LogP contribution in [0.2, 0.25) is 5.02 Å². The SMILES string of the molecule is NS(=O)(=O)c1cccc(S(=O)(=O)O)c1Cc1ccc(Cl)c(F)c1. The van der Waals surface area contributed by atoms with Gasteiger partial charge in [0.25, 0.3) is 10.1 Å². The van der Waals surface area contributed by atoms with E-state index in [1.165, 1.54) is 12.1 Å². The molecule has 0 saturated carbocycles. The van der Waals surface area contributed by atoms with E-state index in [-0.39, 0.29) is 22.6 Å². The summed E-state index contributed by atoms with van der Waals surface area (Å²) in [6, 6.07) is 6.96. The molecular formula is C13H11ClFNO5S2. The second-order valence-corrected chi connectivity index (χ2v) is 8.01. The Balaban J connectivity index is 2.70. The first-order valence-electron chi connectivity index (χ1n) is 6.06. The summed E-state index contributed by atoms with van der Waals surface area (Å²) in [6.45, 7) is 0. The van der Waals surface area contributed by atoms with Crippen molar-refractivity contribution in [3.05, 3.63) is 58.4 Å². The van der Waals surface area contributed by atoms with Crippen molar-refractivity contribution in [1.29, 1.82) is 0 Å². The van der Waals surface area contributed by atoms with Gasteiger partial charge in [-0.05, 0) is 35.4 Å². The normalized spacial score (nSPS) is 12.3. The van der Waals surface area contributed by atoms with Gasteiger partial charge < -0.3 is 0 Å². The third-order valence-electron chi connectivity index (χ3n) is 3.04. The van der Waals surface area contributed by atoms with E-state index < -0.39 is 35.7 Å². The van der Waals surface area contributed by atoms with Gasteiger partial charge in [0, 0.05) is 6.42 Å². The Morgan fingerprint density at radius 3 is 2.22 bits per heavy atom. The smallest absolute Gasteiger partial charge is 0.282 e. The second kappa shape index (κ2) is 6.17. The zero-order valence-electron chi connectivity index (χ0n) is 11.4. The predicted octanol–water partition coefficient (Wildman–Crippen LogP) is 1.96. The molecule has 23 heavy (non-hydrogen) atoms. The van der Waals surface area contributed by atoms with Gasteiger partial charge in [0.1, 0.15) is 5.82 Å². The largest absolute Gasteiger partial charge is 0.294 e.